The van der Waals surface area contributed by atoms with E-state index in [1.165, 1.54) is 23.5 Å². The van der Waals surface area contributed by atoms with Crippen molar-refractivity contribution in [3.8, 4) is 11.5 Å². The fourth-order valence-corrected chi connectivity index (χ4v) is 3.91. The number of benzene rings is 1. The first-order valence-electron chi connectivity index (χ1n) is 7.31. The summed E-state index contributed by atoms with van der Waals surface area (Å²) in [5.41, 5.74) is 1.27. The third-order valence-electron chi connectivity index (χ3n) is 3.90. The Morgan fingerprint density at radius 1 is 1.30 bits per heavy atom. The lowest BCUT2D eigenvalue weighted by Gasteiger charge is -2.21. The van der Waals surface area contributed by atoms with Gasteiger partial charge in [0, 0.05) is 6.04 Å². The topological polar surface area (TPSA) is 30.5 Å². The monoisotopic (exact) mass is 295 g/mol. The highest BCUT2D eigenvalue weighted by molar-refractivity contribution is 7.99. The van der Waals surface area contributed by atoms with Gasteiger partial charge >= 0.3 is 0 Å². The molecule has 2 rings (SSSR count). The molecule has 0 aliphatic carbocycles. The van der Waals surface area contributed by atoms with Gasteiger partial charge in [0.15, 0.2) is 11.5 Å². The van der Waals surface area contributed by atoms with Crippen LogP contribution in [0.15, 0.2) is 18.2 Å². The summed E-state index contributed by atoms with van der Waals surface area (Å²) in [5.74, 6) is 5.05. The summed E-state index contributed by atoms with van der Waals surface area (Å²) in [4.78, 5) is 0. The first-order valence-corrected chi connectivity index (χ1v) is 8.47. The van der Waals surface area contributed by atoms with Gasteiger partial charge in [0.05, 0.1) is 14.2 Å². The van der Waals surface area contributed by atoms with Crippen molar-refractivity contribution in [1.82, 2.24) is 5.32 Å². The van der Waals surface area contributed by atoms with Crippen molar-refractivity contribution in [3.63, 3.8) is 0 Å². The van der Waals surface area contributed by atoms with Crippen LogP contribution in [0.4, 0.5) is 0 Å². The van der Waals surface area contributed by atoms with Gasteiger partial charge in [-0.1, -0.05) is 13.0 Å². The minimum Gasteiger partial charge on any atom is -0.493 e. The van der Waals surface area contributed by atoms with E-state index in [0.29, 0.717) is 6.04 Å². The van der Waals surface area contributed by atoms with E-state index in [4.69, 9.17) is 9.47 Å². The molecule has 1 N–H and O–H groups in total. The Labute approximate surface area is 126 Å². The average molecular weight is 295 g/mol. The van der Waals surface area contributed by atoms with E-state index in [-0.39, 0.29) is 0 Å². The Hall–Kier alpha value is -0.870. The summed E-state index contributed by atoms with van der Waals surface area (Å²) in [6.07, 6.45) is 2.43. The van der Waals surface area contributed by atoms with Crippen molar-refractivity contribution in [2.45, 2.75) is 25.8 Å². The molecular weight excluding hydrogens is 270 g/mol. The van der Waals surface area contributed by atoms with E-state index in [1.807, 2.05) is 6.07 Å². The number of methoxy groups -OCH3 is 2. The minimum atomic E-state index is 0.389. The van der Waals surface area contributed by atoms with Crippen LogP contribution in [-0.2, 0) is 0 Å². The Morgan fingerprint density at radius 2 is 2.10 bits per heavy atom. The van der Waals surface area contributed by atoms with Crippen molar-refractivity contribution >= 4 is 11.8 Å². The second-order valence-corrected chi connectivity index (χ2v) is 6.36. The molecule has 0 aromatic heterocycles. The Kier molecular flexibility index (Phi) is 6.05. The van der Waals surface area contributed by atoms with Crippen molar-refractivity contribution in [2.24, 2.45) is 5.92 Å². The minimum absolute atomic E-state index is 0.389. The summed E-state index contributed by atoms with van der Waals surface area (Å²) in [7, 11) is 3.36. The summed E-state index contributed by atoms with van der Waals surface area (Å²) in [6.45, 7) is 3.33. The number of ether oxygens (including phenoxy) is 2. The molecule has 1 heterocycles. The maximum Gasteiger partial charge on any atom is 0.161 e. The van der Waals surface area contributed by atoms with Crippen LogP contribution < -0.4 is 14.8 Å². The van der Waals surface area contributed by atoms with Crippen LogP contribution >= 0.6 is 11.8 Å². The first-order chi connectivity index (χ1) is 9.78. The number of hydrogen-bond acceptors (Lipinski definition) is 4. The lowest BCUT2D eigenvalue weighted by Crippen LogP contribution is -2.27. The standard InChI is InChI=1S/C16H25NO2S/c1-4-14(17-10-12-7-8-20-11-12)13-5-6-15(18-2)16(9-13)19-3/h5-6,9,12,14,17H,4,7-8,10-11H2,1-3H3. The van der Waals surface area contributed by atoms with E-state index in [9.17, 15) is 0 Å². The molecule has 1 fully saturated rings. The van der Waals surface area contributed by atoms with Crippen LogP contribution in [0.5, 0.6) is 11.5 Å². The molecule has 0 radical (unpaired) electrons. The maximum absolute atomic E-state index is 5.39. The van der Waals surface area contributed by atoms with Crippen LogP contribution in [0.25, 0.3) is 0 Å². The van der Waals surface area contributed by atoms with Crippen LogP contribution in [0.2, 0.25) is 0 Å². The number of thioether (sulfide) groups is 1. The predicted octanol–water partition coefficient (Wildman–Crippen LogP) is 3.50. The summed E-state index contributed by atoms with van der Waals surface area (Å²) < 4.78 is 10.7. The largest absolute Gasteiger partial charge is 0.493 e. The van der Waals surface area contributed by atoms with E-state index in [0.717, 1.165) is 30.4 Å². The molecule has 2 unspecified atom stereocenters. The van der Waals surface area contributed by atoms with Crippen molar-refractivity contribution < 1.29 is 9.47 Å². The van der Waals surface area contributed by atoms with Gasteiger partial charge in [-0.15, -0.1) is 0 Å². The van der Waals surface area contributed by atoms with Gasteiger partial charge in [0.1, 0.15) is 0 Å². The highest BCUT2D eigenvalue weighted by atomic mass is 32.2. The van der Waals surface area contributed by atoms with Gasteiger partial charge in [-0.25, -0.2) is 0 Å². The van der Waals surface area contributed by atoms with Crippen molar-refractivity contribution in [1.29, 1.82) is 0 Å². The van der Waals surface area contributed by atoms with Crippen LogP contribution in [-0.4, -0.2) is 32.3 Å². The van der Waals surface area contributed by atoms with E-state index in [2.05, 4.69) is 36.1 Å². The Bertz CT molecular complexity index is 419. The van der Waals surface area contributed by atoms with Crippen LogP contribution in [0, 0.1) is 5.92 Å². The lowest BCUT2D eigenvalue weighted by atomic mass is 10.0. The zero-order chi connectivity index (χ0) is 14.4. The third-order valence-corrected chi connectivity index (χ3v) is 5.13. The number of nitrogens with one attached hydrogen (secondary N) is 1. The molecular formula is C16H25NO2S. The maximum atomic E-state index is 5.39. The second-order valence-electron chi connectivity index (χ2n) is 5.21. The highest BCUT2D eigenvalue weighted by Crippen LogP contribution is 2.31. The van der Waals surface area contributed by atoms with Crippen molar-refractivity contribution in [3.05, 3.63) is 23.8 Å². The fraction of sp³-hybridized carbons (Fsp3) is 0.625. The van der Waals surface area contributed by atoms with Gasteiger partial charge in [0.25, 0.3) is 0 Å². The number of hydrogen-bond donors (Lipinski definition) is 1. The first kappa shape index (κ1) is 15.5. The van der Waals surface area contributed by atoms with Crippen molar-refractivity contribution in [2.75, 3.05) is 32.3 Å². The summed E-state index contributed by atoms with van der Waals surface area (Å²) in [6, 6.07) is 6.60. The molecule has 0 amide bonds. The molecule has 0 saturated carbocycles. The van der Waals surface area contributed by atoms with Gasteiger partial charge in [-0.3, -0.25) is 0 Å². The summed E-state index contributed by atoms with van der Waals surface area (Å²) >= 11 is 2.07. The fourth-order valence-electron chi connectivity index (χ4n) is 2.62. The quantitative estimate of drug-likeness (QED) is 0.834. The van der Waals surface area contributed by atoms with Gasteiger partial charge in [-0.2, -0.15) is 11.8 Å². The molecule has 1 aliphatic rings. The van der Waals surface area contributed by atoms with Crippen LogP contribution in [0.1, 0.15) is 31.4 Å². The van der Waals surface area contributed by atoms with E-state index >= 15 is 0 Å². The smallest absolute Gasteiger partial charge is 0.161 e. The zero-order valence-corrected chi connectivity index (χ0v) is 13.5. The normalized spacial score (nSPS) is 19.9. The van der Waals surface area contributed by atoms with E-state index < -0.39 is 0 Å². The number of rotatable bonds is 7. The predicted molar refractivity (Wildman–Crippen MR) is 86.0 cm³/mol. The van der Waals surface area contributed by atoms with Gasteiger partial charge in [0.2, 0.25) is 0 Å². The Balaban J connectivity index is 2.02. The molecule has 20 heavy (non-hydrogen) atoms. The molecule has 1 aromatic rings. The molecule has 4 heteroatoms. The summed E-state index contributed by atoms with van der Waals surface area (Å²) in [5, 5.41) is 3.71. The third kappa shape index (κ3) is 3.83. The zero-order valence-electron chi connectivity index (χ0n) is 12.6. The molecule has 112 valence electrons. The highest BCUT2D eigenvalue weighted by Gasteiger charge is 2.18. The van der Waals surface area contributed by atoms with E-state index in [1.54, 1.807) is 14.2 Å². The van der Waals surface area contributed by atoms with Crippen LogP contribution in [0.3, 0.4) is 0 Å². The molecule has 0 bridgehead atoms. The second kappa shape index (κ2) is 7.79. The lowest BCUT2D eigenvalue weighted by molar-refractivity contribution is 0.353. The Morgan fingerprint density at radius 3 is 2.70 bits per heavy atom. The van der Waals surface area contributed by atoms with Gasteiger partial charge < -0.3 is 14.8 Å². The molecule has 0 spiro atoms. The molecule has 3 nitrogen and oxygen atoms in total. The molecule has 1 saturated heterocycles. The molecule has 1 aromatic carbocycles. The molecule has 2 atom stereocenters. The molecule has 1 aliphatic heterocycles. The van der Waals surface area contributed by atoms with Gasteiger partial charge in [-0.05, 0) is 54.5 Å². The SMILES string of the molecule is CCC(NCC1CCSC1)c1ccc(OC)c(OC)c1. The average Bonchev–Trinajstić information content (AvgIpc) is 3.01.